The van der Waals surface area contributed by atoms with Crippen molar-refractivity contribution in [3.8, 4) is 0 Å². The Bertz CT molecular complexity index is 503. The first-order valence-electron chi connectivity index (χ1n) is 8.67. The van der Waals surface area contributed by atoms with E-state index in [0.29, 0.717) is 0 Å². The SMILES string of the molecule is CC(C)OC(=O)OC(C)C(=O)OCC(COC(=O)C(C)O)COC(=O)C(C)O. The van der Waals surface area contributed by atoms with Crippen LogP contribution in [0.25, 0.3) is 0 Å². The molecule has 0 fully saturated rings. The van der Waals surface area contributed by atoms with E-state index in [1.54, 1.807) is 13.8 Å². The third-order valence-corrected chi connectivity index (χ3v) is 3.00. The van der Waals surface area contributed by atoms with Crippen LogP contribution in [0.2, 0.25) is 0 Å². The predicted octanol–water partition coefficient (Wildman–Crippen LogP) is -0.0561. The first-order valence-corrected chi connectivity index (χ1v) is 8.67. The fraction of sp³-hybridized carbons (Fsp3) is 0.765. The molecule has 0 aliphatic carbocycles. The third-order valence-electron chi connectivity index (χ3n) is 3.00. The summed E-state index contributed by atoms with van der Waals surface area (Å²) in [4.78, 5) is 46.0. The van der Waals surface area contributed by atoms with Crippen molar-refractivity contribution in [2.24, 2.45) is 5.92 Å². The summed E-state index contributed by atoms with van der Waals surface area (Å²) in [5.74, 6) is -3.49. The second-order valence-corrected chi connectivity index (χ2v) is 6.28. The molecule has 0 aromatic heterocycles. The van der Waals surface area contributed by atoms with Gasteiger partial charge in [0.15, 0.2) is 6.10 Å². The maximum Gasteiger partial charge on any atom is 0.509 e. The summed E-state index contributed by atoms with van der Waals surface area (Å²) in [6.45, 7) is 5.92. The van der Waals surface area contributed by atoms with Crippen molar-refractivity contribution in [1.82, 2.24) is 0 Å². The zero-order chi connectivity index (χ0) is 21.9. The fourth-order valence-corrected chi connectivity index (χ4v) is 1.52. The molecule has 0 amide bonds. The molecular weight excluding hydrogens is 380 g/mol. The molecule has 0 aromatic carbocycles. The molecule has 0 rings (SSSR count). The maximum absolute atomic E-state index is 11.9. The van der Waals surface area contributed by atoms with Gasteiger partial charge in [-0.1, -0.05) is 0 Å². The van der Waals surface area contributed by atoms with Crippen LogP contribution in [0.15, 0.2) is 0 Å². The minimum atomic E-state index is -1.36. The highest BCUT2D eigenvalue weighted by atomic mass is 16.7. The number of carbonyl (C=O) groups excluding carboxylic acids is 4. The molecular formula is C17H28O11. The number of hydrogen-bond donors (Lipinski definition) is 2. The quantitative estimate of drug-likeness (QED) is 0.349. The van der Waals surface area contributed by atoms with Gasteiger partial charge in [0, 0.05) is 0 Å². The molecule has 162 valence electrons. The lowest BCUT2D eigenvalue weighted by molar-refractivity contribution is -0.163. The van der Waals surface area contributed by atoms with Gasteiger partial charge in [-0.3, -0.25) is 0 Å². The van der Waals surface area contributed by atoms with Gasteiger partial charge in [-0.2, -0.15) is 0 Å². The van der Waals surface area contributed by atoms with Crippen molar-refractivity contribution in [3.05, 3.63) is 0 Å². The molecule has 0 saturated heterocycles. The number of esters is 3. The Labute approximate surface area is 162 Å². The van der Waals surface area contributed by atoms with Gasteiger partial charge in [0.2, 0.25) is 0 Å². The van der Waals surface area contributed by atoms with Crippen LogP contribution in [-0.2, 0) is 38.1 Å². The average molecular weight is 408 g/mol. The molecule has 0 bridgehead atoms. The lowest BCUT2D eigenvalue weighted by Crippen LogP contribution is -2.33. The topological polar surface area (TPSA) is 155 Å². The van der Waals surface area contributed by atoms with Crippen molar-refractivity contribution in [1.29, 1.82) is 0 Å². The van der Waals surface area contributed by atoms with E-state index >= 15 is 0 Å². The summed E-state index contributed by atoms with van der Waals surface area (Å²) in [6.07, 6.45) is -5.43. The number of ether oxygens (including phenoxy) is 5. The fourth-order valence-electron chi connectivity index (χ4n) is 1.52. The molecule has 28 heavy (non-hydrogen) atoms. The highest BCUT2D eigenvalue weighted by Crippen LogP contribution is 2.06. The highest BCUT2D eigenvalue weighted by Gasteiger charge is 2.24. The Balaban J connectivity index is 4.65. The van der Waals surface area contributed by atoms with E-state index in [0.717, 1.165) is 0 Å². The van der Waals surface area contributed by atoms with Crippen LogP contribution in [0.3, 0.4) is 0 Å². The molecule has 0 heterocycles. The molecule has 2 N–H and O–H groups in total. The third kappa shape index (κ3) is 11.3. The number of aliphatic hydroxyl groups excluding tert-OH is 2. The number of rotatable bonds is 11. The van der Waals surface area contributed by atoms with Gasteiger partial charge < -0.3 is 33.9 Å². The van der Waals surface area contributed by atoms with Gasteiger partial charge in [-0.05, 0) is 34.6 Å². The van der Waals surface area contributed by atoms with Crippen LogP contribution in [0.1, 0.15) is 34.6 Å². The molecule has 3 unspecified atom stereocenters. The van der Waals surface area contributed by atoms with Crippen LogP contribution >= 0.6 is 0 Å². The number of carbonyl (C=O) groups is 4. The summed E-state index contributed by atoms with van der Waals surface area (Å²) >= 11 is 0. The van der Waals surface area contributed by atoms with Crippen LogP contribution in [0.5, 0.6) is 0 Å². The molecule has 0 aliphatic heterocycles. The van der Waals surface area contributed by atoms with Crippen LogP contribution in [0, 0.1) is 5.92 Å². The molecule has 0 radical (unpaired) electrons. The molecule has 0 spiro atoms. The van der Waals surface area contributed by atoms with Crippen molar-refractivity contribution < 1.29 is 53.1 Å². The second-order valence-electron chi connectivity index (χ2n) is 6.28. The summed E-state index contributed by atoms with van der Waals surface area (Å²) < 4.78 is 24.1. The van der Waals surface area contributed by atoms with Gasteiger partial charge >= 0.3 is 24.1 Å². The largest absolute Gasteiger partial charge is 0.509 e. The highest BCUT2D eigenvalue weighted by molar-refractivity contribution is 5.77. The molecule has 11 heteroatoms. The summed E-state index contributed by atoms with van der Waals surface area (Å²) in [5, 5.41) is 18.2. The van der Waals surface area contributed by atoms with E-state index in [2.05, 4.69) is 0 Å². The molecule has 3 atom stereocenters. The first-order chi connectivity index (χ1) is 12.9. The minimum absolute atomic E-state index is 0.325. The van der Waals surface area contributed by atoms with Gasteiger partial charge in [-0.25, -0.2) is 19.2 Å². The predicted molar refractivity (Wildman–Crippen MR) is 91.9 cm³/mol. The van der Waals surface area contributed by atoms with Gasteiger partial charge in [0.1, 0.15) is 32.0 Å². The number of hydrogen-bond acceptors (Lipinski definition) is 11. The van der Waals surface area contributed by atoms with E-state index in [-0.39, 0.29) is 19.8 Å². The maximum atomic E-state index is 11.9. The Kier molecular flexibility index (Phi) is 11.8. The molecule has 0 saturated carbocycles. The van der Waals surface area contributed by atoms with E-state index in [1.807, 2.05) is 0 Å². The first kappa shape index (κ1) is 25.6. The van der Waals surface area contributed by atoms with Crippen molar-refractivity contribution in [2.75, 3.05) is 19.8 Å². The zero-order valence-electron chi connectivity index (χ0n) is 16.6. The van der Waals surface area contributed by atoms with Gasteiger partial charge in [0.05, 0.1) is 12.0 Å². The second kappa shape index (κ2) is 12.9. The number of aliphatic hydroxyl groups is 2. The zero-order valence-corrected chi connectivity index (χ0v) is 16.6. The lowest BCUT2D eigenvalue weighted by atomic mass is 10.2. The van der Waals surface area contributed by atoms with Crippen molar-refractivity contribution >= 4 is 24.1 Å². The Morgan fingerprint density at radius 2 is 1.07 bits per heavy atom. The van der Waals surface area contributed by atoms with Crippen LogP contribution < -0.4 is 0 Å². The summed E-state index contributed by atoms with van der Waals surface area (Å²) in [5.41, 5.74) is 0. The van der Waals surface area contributed by atoms with E-state index in [4.69, 9.17) is 33.9 Å². The molecule has 0 aliphatic rings. The summed E-state index contributed by atoms with van der Waals surface area (Å²) in [6, 6.07) is 0. The minimum Gasteiger partial charge on any atom is -0.463 e. The van der Waals surface area contributed by atoms with Gasteiger partial charge in [0.25, 0.3) is 0 Å². The Morgan fingerprint density at radius 1 is 0.679 bits per heavy atom. The van der Waals surface area contributed by atoms with Crippen LogP contribution in [-0.4, -0.2) is 78.5 Å². The lowest BCUT2D eigenvalue weighted by Gasteiger charge is -2.19. The van der Waals surface area contributed by atoms with E-state index in [9.17, 15) is 19.2 Å². The smallest absolute Gasteiger partial charge is 0.463 e. The Morgan fingerprint density at radius 3 is 1.43 bits per heavy atom. The average Bonchev–Trinajstić information content (AvgIpc) is 2.58. The molecule has 11 nitrogen and oxygen atoms in total. The van der Waals surface area contributed by atoms with Gasteiger partial charge in [-0.15, -0.1) is 0 Å². The summed E-state index contributed by atoms with van der Waals surface area (Å²) in [7, 11) is 0. The van der Waals surface area contributed by atoms with E-state index in [1.165, 1.54) is 20.8 Å². The van der Waals surface area contributed by atoms with Crippen molar-refractivity contribution in [3.63, 3.8) is 0 Å². The van der Waals surface area contributed by atoms with E-state index < -0.39 is 54.4 Å². The van der Waals surface area contributed by atoms with Crippen molar-refractivity contribution in [2.45, 2.75) is 59.0 Å². The molecule has 0 aromatic rings. The normalized spacial score (nSPS) is 15.0. The monoisotopic (exact) mass is 408 g/mol. The van der Waals surface area contributed by atoms with Crippen LogP contribution in [0.4, 0.5) is 4.79 Å². The standard InChI is InChI=1S/C17H28O11/c1-9(2)27-17(23)28-12(5)16(22)26-8-13(6-24-14(20)10(3)18)7-25-15(21)11(4)19/h9-13,18-19H,6-8H2,1-5H3. The Hall–Kier alpha value is -2.40.